The van der Waals surface area contributed by atoms with E-state index in [0.29, 0.717) is 33.8 Å². The zero-order valence-corrected chi connectivity index (χ0v) is 29.8. The zero-order valence-electron chi connectivity index (χ0n) is 24.2. The monoisotopic (exact) mass is 614 g/mol. The Balaban J connectivity index is 0.00000202. The Hall–Kier alpha value is -1.82. The fraction of sp³-hybridized carbons (Fsp3) is 0.125. The van der Waals surface area contributed by atoms with Crippen molar-refractivity contribution in [1.82, 2.24) is 0 Å². The van der Waals surface area contributed by atoms with Crippen LogP contribution in [-0.4, -0.2) is 17.5 Å². The minimum absolute atomic E-state index is 0. The maximum Gasteiger partial charge on any atom is 1.00 e. The molecule has 6 nitrogen and oxygen atoms in total. The summed E-state index contributed by atoms with van der Waals surface area (Å²) in [5.41, 5.74) is 8.26. The van der Waals surface area contributed by atoms with Gasteiger partial charge in [0.15, 0.2) is 0 Å². The van der Waals surface area contributed by atoms with Crippen molar-refractivity contribution in [3.63, 3.8) is 0 Å². The zero-order chi connectivity index (χ0) is 28.3. The summed E-state index contributed by atoms with van der Waals surface area (Å²) < 4.78 is 58.3. The molecule has 0 saturated carbocycles. The van der Waals surface area contributed by atoms with Crippen molar-refractivity contribution in [3.05, 3.63) is 95.1 Å². The molecule has 0 N–H and O–H groups in total. The van der Waals surface area contributed by atoms with Gasteiger partial charge in [-0.25, -0.2) is 0 Å². The molecule has 0 aliphatic heterocycles. The van der Waals surface area contributed by atoms with Gasteiger partial charge < -0.3 is 17.9 Å². The van der Waals surface area contributed by atoms with E-state index in [-0.39, 0.29) is 68.9 Å². The molecule has 6 rings (SSSR count). The first-order valence-electron chi connectivity index (χ1n) is 12.6. The van der Waals surface area contributed by atoms with Gasteiger partial charge in [-0.15, -0.1) is 0 Å². The molecular weight excluding hydrogens is 590 g/mol. The van der Waals surface area contributed by atoms with Gasteiger partial charge in [0.05, 0.1) is 0 Å². The second-order valence-electron chi connectivity index (χ2n) is 9.96. The molecule has 0 aliphatic rings. The SMILES string of the molecule is Cc1cc2c(C)c(-c3ccc(-c4ccc(-c5oc6cc(S(=O)[O-])c(C)cc6c5C)cc4)cc3)oc2cc1S(=O)[O-].[Na+].[Na+]. The van der Waals surface area contributed by atoms with E-state index < -0.39 is 22.2 Å². The minimum atomic E-state index is -2.32. The average molecular weight is 615 g/mol. The van der Waals surface area contributed by atoms with Crippen LogP contribution in [0.2, 0.25) is 0 Å². The van der Waals surface area contributed by atoms with E-state index >= 15 is 0 Å². The van der Waals surface area contributed by atoms with Crippen LogP contribution in [0.4, 0.5) is 0 Å². The van der Waals surface area contributed by atoms with Crippen LogP contribution in [0.1, 0.15) is 22.3 Å². The minimum Gasteiger partial charge on any atom is -0.768 e. The molecule has 0 spiro atoms. The molecule has 10 heteroatoms. The van der Waals surface area contributed by atoms with Crippen LogP contribution < -0.4 is 59.1 Å². The van der Waals surface area contributed by atoms with E-state index in [1.54, 1.807) is 26.0 Å². The van der Waals surface area contributed by atoms with Gasteiger partial charge in [-0.3, -0.25) is 8.42 Å². The number of rotatable bonds is 5. The van der Waals surface area contributed by atoms with Crippen molar-refractivity contribution in [3.8, 4) is 33.8 Å². The molecule has 0 amide bonds. The summed E-state index contributed by atoms with van der Waals surface area (Å²) in [7, 11) is 0. The van der Waals surface area contributed by atoms with Crippen molar-refractivity contribution < 1.29 is 85.5 Å². The molecule has 0 aliphatic carbocycles. The van der Waals surface area contributed by atoms with E-state index in [1.165, 1.54) is 0 Å². The molecule has 2 unspecified atom stereocenters. The maximum absolute atomic E-state index is 11.5. The molecular formula is C32H24Na2O6S2. The standard InChI is InChI=1S/C32H26O6S2.2Na/c1-17-13-25-19(3)31(37-27(25)15-29(17)39(33)34)23-9-5-21(6-10-23)22-7-11-24(12-8-22)32-20(4)26-14-18(2)30(40(35)36)16-28(26)38-32;;/h5-16H,1-4H3,(H,33,34)(H,35,36);;/q;2*+1/p-2. The average Bonchev–Trinajstić information content (AvgIpc) is 3.43. The Kier molecular flexibility index (Phi) is 10.3. The summed E-state index contributed by atoms with van der Waals surface area (Å²) in [6.45, 7) is 7.51. The molecule has 42 heavy (non-hydrogen) atoms. The number of aryl methyl sites for hydroxylation is 4. The molecule has 2 atom stereocenters. The summed E-state index contributed by atoms with van der Waals surface area (Å²) >= 11 is -4.65. The van der Waals surface area contributed by atoms with Crippen LogP contribution in [0.3, 0.4) is 0 Å². The Labute approximate surface area is 293 Å². The van der Waals surface area contributed by atoms with Gasteiger partial charge in [-0.1, -0.05) is 48.5 Å². The van der Waals surface area contributed by atoms with Crippen LogP contribution >= 0.6 is 0 Å². The Morgan fingerprint density at radius 1 is 0.524 bits per heavy atom. The van der Waals surface area contributed by atoms with Crippen molar-refractivity contribution in [2.24, 2.45) is 0 Å². The van der Waals surface area contributed by atoms with E-state index in [4.69, 9.17) is 8.83 Å². The van der Waals surface area contributed by atoms with Gasteiger partial charge >= 0.3 is 59.1 Å². The van der Waals surface area contributed by atoms with Crippen molar-refractivity contribution in [2.45, 2.75) is 37.5 Å². The quantitative estimate of drug-likeness (QED) is 0.217. The third-order valence-corrected chi connectivity index (χ3v) is 9.05. The van der Waals surface area contributed by atoms with E-state index in [1.807, 2.05) is 74.5 Å². The van der Waals surface area contributed by atoms with E-state index in [0.717, 1.165) is 44.2 Å². The first-order chi connectivity index (χ1) is 19.1. The van der Waals surface area contributed by atoms with Gasteiger partial charge in [-0.05, 0) is 96.4 Å². The second kappa shape index (κ2) is 13.0. The summed E-state index contributed by atoms with van der Waals surface area (Å²) in [6, 6.07) is 23.0. The van der Waals surface area contributed by atoms with Gasteiger partial charge in [0.25, 0.3) is 0 Å². The van der Waals surface area contributed by atoms with Crippen LogP contribution in [-0.2, 0) is 22.2 Å². The molecule has 4 aromatic carbocycles. The predicted octanol–water partition coefficient (Wildman–Crippen LogP) is 1.90. The predicted molar refractivity (Wildman–Crippen MR) is 156 cm³/mol. The fourth-order valence-corrected chi connectivity index (χ4v) is 6.30. The molecule has 2 heterocycles. The molecule has 0 fully saturated rings. The summed E-state index contributed by atoms with van der Waals surface area (Å²) in [6.07, 6.45) is 0. The molecule has 0 bridgehead atoms. The van der Waals surface area contributed by atoms with Crippen LogP contribution in [0.5, 0.6) is 0 Å². The first-order valence-corrected chi connectivity index (χ1v) is 14.7. The van der Waals surface area contributed by atoms with Crippen molar-refractivity contribution in [2.75, 3.05) is 0 Å². The topological polar surface area (TPSA) is 107 Å². The first kappa shape index (κ1) is 33.1. The Bertz CT molecular complexity index is 1850. The number of hydrogen-bond acceptors (Lipinski definition) is 6. The third kappa shape index (κ3) is 5.95. The maximum atomic E-state index is 11.5. The van der Waals surface area contributed by atoms with Crippen LogP contribution in [0, 0.1) is 27.7 Å². The second-order valence-corrected chi connectivity index (χ2v) is 11.8. The molecule has 0 radical (unpaired) electrons. The van der Waals surface area contributed by atoms with Crippen LogP contribution in [0.25, 0.3) is 55.7 Å². The van der Waals surface area contributed by atoms with E-state index in [2.05, 4.69) is 0 Å². The summed E-state index contributed by atoms with van der Waals surface area (Å²) in [5, 5.41) is 1.80. The number of fused-ring (bicyclic) bond motifs is 2. The van der Waals surface area contributed by atoms with E-state index in [9.17, 15) is 17.5 Å². The number of hydrogen-bond donors (Lipinski definition) is 0. The number of furan rings is 2. The van der Waals surface area contributed by atoms with Gasteiger partial charge in [0.2, 0.25) is 0 Å². The molecule has 6 aromatic rings. The Morgan fingerprint density at radius 2 is 0.833 bits per heavy atom. The summed E-state index contributed by atoms with van der Waals surface area (Å²) in [5.74, 6) is 1.43. The molecule has 202 valence electrons. The van der Waals surface area contributed by atoms with Gasteiger partial charge in [0.1, 0.15) is 22.7 Å². The van der Waals surface area contributed by atoms with Crippen LogP contribution in [0.15, 0.2) is 91.4 Å². The van der Waals surface area contributed by atoms with Crippen molar-refractivity contribution in [1.29, 1.82) is 0 Å². The fourth-order valence-electron chi connectivity index (χ4n) is 5.25. The molecule has 0 saturated heterocycles. The van der Waals surface area contributed by atoms with Crippen molar-refractivity contribution >= 4 is 44.1 Å². The smallest absolute Gasteiger partial charge is 0.768 e. The number of benzene rings is 4. The normalized spacial score (nSPS) is 12.6. The summed E-state index contributed by atoms with van der Waals surface area (Å²) in [4.78, 5) is 0.478. The Morgan fingerprint density at radius 3 is 1.14 bits per heavy atom. The molecule has 2 aromatic heterocycles. The largest absolute Gasteiger partial charge is 1.00 e. The van der Waals surface area contributed by atoms with Gasteiger partial charge in [0, 0.05) is 42.8 Å². The third-order valence-electron chi connectivity index (χ3n) is 7.45. The van der Waals surface area contributed by atoms with Gasteiger partial charge in [-0.2, -0.15) is 0 Å².